The molecule has 0 aliphatic carbocycles. The van der Waals surface area contributed by atoms with Gasteiger partial charge in [-0.25, -0.2) is 5.25 Å². The normalized spacial score (nSPS) is 1.50. The topological polar surface area (TPSA) is 26.0 Å². The Bertz CT molecular complexity index is 3.25. The van der Waals surface area contributed by atoms with E-state index in [0.29, 0.717) is 0 Å². The van der Waals surface area contributed by atoms with Crippen molar-refractivity contribution in [2.75, 3.05) is 0 Å². The molecule has 1 nitrogen and oxygen atoms in total. The van der Waals surface area contributed by atoms with Gasteiger partial charge in [-0.2, -0.15) is 0 Å². The molecule has 30 valence electrons. The van der Waals surface area contributed by atoms with E-state index in [2.05, 4.69) is 17.0 Å². The van der Waals surface area contributed by atoms with Crippen molar-refractivity contribution >= 4 is 36.6 Å². The van der Waals surface area contributed by atoms with E-state index in [1.807, 2.05) is 0 Å². The van der Waals surface area contributed by atoms with E-state index >= 15 is 0 Å². The van der Waals surface area contributed by atoms with Crippen molar-refractivity contribution in [1.29, 1.82) is 0 Å². The highest BCUT2D eigenvalue weighted by atomic mass is 35.5. The summed E-state index contributed by atoms with van der Waals surface area (Å²) in [6, 6.07) is 0. The molecule has 0 atom stereocenters. The average Bonchev–Trinajstić information content (AvgIpc) is 1.00. The standard InChI is InChI=1S/ClH2N.2ClH/c1-2;;/h2H2;2*1H. The average molecular weight is 124 g/mol. The van der Waals surface area contributed by atoms with Crippen LogP contribution >= 0.6 is 36.6 Å². The maximum absolute atomic E-state index is 4.14. The number of hydrogen-bond acceptors (Lipinski definition) is 1. The monoisotopic (exact) mass is 123 g/mol. The Morgan fingerprint density at radius 2 is 1.00 bits per heavy atom. The minimum Gasteiger partial charge on any atom is -0.247 e. The van der Waals surface area contributed by atoms with Crippen LogP contribution in [0, 0.1) is 0 Å². The van der Waals surface area contributed by atoms with Crippen molar-refractivity contribution in [2.24, 2.45) is 5.25 Å². The van der Waals surface area contributed by atoms with E-state index < -0.39 is 0 Å². The zero-order valence-electron chi connectivity index (χ0n) is 1.77. The van der Waals surface area contributed by atoms with E-state index in [1.54, 1.807) is 0 Å². The van der Waals surface area contributed by atoms with Crippen molar-refractivity contribution in [3.63, 3.8) is 0 Å². The minimum atomic E-state index is 0. The predicted octanol–water partition coefficient (Wildman–Crippen LogP) is 0.942. The van der Waals surface area contributed by atoms with E-state index in [9.17, 15) is 0 Å². The highest BCUT2D eigenvalue weighted by molar-refractivity contribution is 6.11. The summed E-state index contributed by atoms with van der Waals surface area (Å²) in [5.41, 5.74) is 0. The van der Waals surface area contributed by atoms with Crippen LogP contribution in [0.4, 0.5) is 0 Å². The molecule has 0 heterocycles. The molecule has 0 saturated heterocycles. The third kappa shape index (κ3) is 13.8. The zero-order valence-corrected chi connectivity index (χ0v) is 4.16. The first-order chi connectivity index (χ1) is 1.00. The van der Waals surface area contributed by atoms with Crippen LogP contribution in [0.1, 0.15) is 0 Å². The largest absolute Gasteiger partial charge is 0.247 e. The van der Waals surface area contributed by atoms with E-state index in [-0.39, 0.29) is 24.8 Å². The number of rotatable bonds is 0. The first-order valence-corrected chi connectivity index (χ1v) is 0.655. The van der Waals surface area contributed by atoms with Crippen LogP contribution in [0.3, 0.4) is 0 Å². The summed E-state index contributed by atoms with van der Waals surface area (Å²) >= 11 is 4.14. The molecule has 0 aromatic heterocycles. The molecule has 0 spiro atoms. The molecule has 0 rings (SSSR count). The highest BCUT2D eigenvalue weighted by Crippen LogP contribution is 1.15. The Morgan fingerprint density at radius 3 is 1.00 bits per heavy atom. The van der Waals surface area contributed by atoms with Crippen LogP contribution < -0.4 is 5.25 Å². The Balaban J connectivity index is -0.00000000500. The first-order valence-electron chi connectivity index (χ1n) is 0.218. The molecular formula is H4Cl3N. The van der Waals surface area contributed by atoms with Gasteiger partial charge in [0.1, 0.15) is 0 Å². The molecule has 0 aliphatic rings. The fraction of sp³-hybridized carbons (Fsp3) is 0. The Labute approximate surface area is 42.4 Å². The lowest BCUT2D eigenvalue weighted by atomic mass is 14.0. The number of halogens is 3. The van der Waals surface area contributed by atoms with Crippen molar-refractivity contribution in [3.8, 4) is 0 Å². The molecule has 4 heavy (non-hydrogen) atoms. The molecule has 0 aromatic carbocycles. The maximum Gasteiger partial charge on any atom is -0.0285 e. The smallest absolute Gasteiger partial charge is 0.0285 e. The summed E-state index contributed by atoms with van der Waals surface area (Å²) in [6.45, 7) is 0. The SMILES string of the molecule is Cl.Cl.NCl. The lowest BCUT2D eigenvalue weighted by molar-refractivity contribution is 2.00. The van der Waals surface area contributed by atoms with Gasteiger partial charge in [-0.1, -0.05) is 0 Å². The summed E-state index contributed by atoms with van der Waals surface area (Å²) in [6.07, 6.45) is 0. The van der Waals surface area contributed by atoms with E-state index in [4.69, 9.17) is 0 Å². The molecular weight excluding hydrogens is 120 g/mol. The molecule has 0 fully saturated rings. The second-order valence-corrected chi connectivity index (χ2v) is 0. The molecule has 0 bridgehead atoms. The Hall–Kier alpha value is 0.830. The third-order valence-corrected chi connectivity index (χ3v) is 0. The summed E-state index contributed by atoms with van der Waals surface area (Å²) in [4.78, 5) is 0. The molecule has 0 saturated carbocycles. The first kappa shape index (κ1) is 21.2. The van der Waals surface area contributed by atoms with E-state index in [0.717, 1.165) is 0 Å². The van der Waals surface area contributed by atoms with Crippen molar-refractivity contribution in [3.05, 3.63) is 0 Å². The lowest BCUT2D eigenvalue weighted by Gasteiger charge is -1.14. The highest BCUT2D eigenvalue weighted by Gasteiger charge is 0.868. The summed E-state index contributed by atoms with van der Waals surface area (Å²) in [5.74, 6) is 0. The second kappa shape index (κ2) is 44.5. The Morgan fingerprint density at radius 1 is 1.00 bits per heavy atom. The van der Waals surface area contributed by atoms with Gasteiger partial charge in [0.25, 0.3) is 0 Å². The molecule has 0 aromatic rings. The molecule has 2 N–H and O–H groups in total. The van der Waals surface area contributed by atoms with Gasteiger partial charge in [0.15, 0.2) is 0 Å². The van der Waals surface area contributed by atoms with Gasteiger partial charge in [0.2, 0.25) is 0 Å². The van der Waals surface area contributed by atoms with E-state index in [1.165, 1.54) is 0 Å². The number of nitrogens with two attached hydrogens (primary N) is 1. The number of hydrogen-bond donors (Lipinski definition) is 1. The molecule has 0 aliphatic heterocycles. The van der Waals surface area contributed by atoms with Crippen LogP contribution in [0.5, 0.6) is 0 Å². The van der Waals surface area contributed by atoms with Gasteiger partial charge in [-0.3, -0.25) is 0 Å². The zero-order chi connectivity index (χ0) is 2.00. The summed E-state index contributed by atoms with van der Waals surface area (Å²) < 4.78 is 0. The lowest BCUT2D eigenvalue weighted by Crippen LogP contribution is -1.48. The van der Waals surface area contributed by atoms with Gasteiger partial charge in [-0.05, 0) is 11.8 Å². The molecule has 0 radical (unpaired) electrons. The second-order valence-electron chi connectivity index (χ2n) is 0. The molecule has 0 unspecified atom stereocenters. The van der Waals surface area contributed by atoms with Crippen LogP contribution in [0.15, 0.2) is 0 Å². The van der Waals surface area contributed by atoms with Gasteiger partial charge < -0.3 is 0 Å². The van der Waals surface area contributed by atoms with Gasteiger partial charge in [0, 0.05) is 0 Å². The quantitative estimate of drug-likeness (QED) is 0.478. The van der Waals surface area contributed by atoms with Gasteiger partial charge in [0.05, 0.1) is 0 Å². The fourth-order valence-electron chi connectivity index (χ4n) is 0. The molecule has 0 amide bonds. The van der Waals surface area contributed by atoms with Gasteiger partial charge >= 0.3 is 0 Å². The van der Waals surface area contributed by atoms with Crippen LogP contribution in [-0.4, -0.2) is 0 Å². The predicted molar refractivity (Wildman–Crippen MR) is 24.5 cm³/mol. The van der Waals surface area contributed by atoms with Crippen LogP contribution in [0.2, 0.25) is 0 Å². The van der Waals surface area contributed by atoms with Crippen molar-refractivity contribution < 1.29 is 0 Å². The van der Waals surface area contributed by atoms with Crippen LogP contribution in [0.25, 0.3) is 0 Å². The molecule has 4 heteroatoms. The Kier molecular flexibility index (Phi) is 236. The minimum absolute atomic E-state index is 0. The van der Waals surface area contributed by atoms with Gasteiger partial charge in [-0.15, -0.1) is 24.8 Å². The summed E-state index contributed by atoms with van der Waals surface area (Å²) in [5, 5.41) is 3.97. The maximum atomic E-state index is 4.14. The fourth-order valence-corrected chi connectivity index (χ4v) is 0. The summed E-state index contributed by atoms with van der Waals surface area (Å²) in [7, 11) is 0. The van der Waals surface area contributed by atoms with Crippen LogP contribution in [-0.2, 0) is 0 Å². The van der Waals surface area contributed by atoms with Crippen molar-refractivity contribution in [1.82, 2.24) is 0 Å². The van der Waals surface area contributed by atoms with Crippen molar-refractivity contribution in [2.45, 2.75) is 0 Å². The third-order valence-electron chi connectivity index (χ3n) is 0.